The summed E-state index contributed by atoms with van der Waals surface area (Å²) in [4.78, 5) is 8.76. The number of aromatic nitrogens is 4. The maximum Gasteiger partial charge on any atom is 0.244 e. The molecule has 0 fully saturated rings. The van der Waals surface area contributed by atoms with Crippen molar-refractivity contribution in [3.8, 4) is 0 Å². The van der Waals surface area contributed by atoms with Crippen LogP contribution < -0.4 is 0 Å². The van der Waals surface area contributed by atoms with Gasteiger partial charge in [-0.15, -0.1) is 11.3 Å². The average Bonchev–Trinajstić information content (AvgIpc) is 2.94. The molecule has 0 bridgehead atoms. The third-order valence-corrected chi connectivity index (χ3v) is 3.41. The van der Waals surface area contributed by atoms with Gasteiger partial charge >= 0.3 is 0 Å². The molecule has 0 radical (unpaired) electrons. The third kappa shape index (κ3) is 0.938. The first-order valence-corrected chi connectivity index (χ1v) is 5.56. The fraction of sp³-hybridized carbons (Fsp3) is 0. The van der Waals surface area contributed by atoms with E-state index < -0.39 is 0 Å². The molecule has 0 atom stereocenters. The zero-order valence-corrected chi connectivity index (χ0v) is 8.73. The standard InChI is InChI=1S/C10H4N4OS/c1-2-6-7(8-5(1)3-4-16-8)12-10-9(11-6)13-15-14-10/h1-4H. The van der Waals surface area contributed by atoms with Crippen LogP contribution in [0, 0.1) is 0 Å². The van der Waals surface area contributed by atoms with Crippen LogP contribution in [0.4, 0.5) is 0 Å². The van der Waals surface area contributed by atoms with Gasteiger partial charge in [-0.3, -0.25) is 0 Å². The molecule has 3 aromatic heterocycles. The summed E-state index contributed by atoms with van der Waals surface area (Å²) in [7, 11) is 0. The van der Waals surface area contributed by atoms with Crippen LogP contribution in [0.3, 0.4) is 0 Å². The number of hydrogen-bond acceptors (Lipinski definition) is 6. The molecule has 4 rings (SSSR count). The maximum atomic E-state index is 4.61. The minimum atomic E-state index is 0.448. The van der Waals surface area contributed by atoms with E-state index in [9.17, 15) is 0 Å². The van der Waals surface area contributed by atoms with Crippen molar-refractivity contribution in [1.29, 1.82) is 0 Å². The zero-order valence-electron chi connectivity index (χ0n) is 7.91. The minimum absolute atomic E-state index is 0.448. The molecule has 16 heavy (non-hydrogen) atoms. The van der Waals surface area contributed by atoms with Gasteiger partial charge in [-0.05, 0) is 33.2 Å². The second-order valence-electron chi connectivity index (χ2n) is 3.41. The quantitative estimate of drug-likeness (QED) is 0.462. The molecule has 4 aromatic rings. The normalized spacial score (nSPS) is 11.8. The molecular weight excluding hydrogens is 224 g/mol. The second kappa shape index (κ2) is 2.73. The summed E-state index contributed by atoms with van der Waals surface area (Å²) in [5.41, 5.74) is 2.57. The fourth-order valence-electron chi connectivity index (χ4n) is 1.75. The van der Waals surface area contributed by atoms with Gasteiger partial charge in [0.05, 0.1) is 10.2 Å². The molecule has 0 N–H and O–H groups in total. The summed E-state index contributed by atoms with van der Waals surface area (Å²) in [5, 5.41) is 10.6. The Morgan fingerprint density at radius 3 is 2.81 bits per heavy atom. The van der Waals surface area contributed by atoms with E-state index in [1.807, 2.05) is 17.5 Å². The fourth-order valence-corrected chi connectivity index (χ4v) is 2.63. The van der Waals surface area contributed by atoms with Gasteiger partial charge in [0.2, 0.25) is 11.3 Å². The number of hydrogen-bond donors (Lipinski definition) is 0. The summed E-state index contributed by atoms with van der Waals surface area (Å²) in [6.07, 6.45) is 0. The van der Waals surface area contributed by atoms with E-state index in [1.54, 1.807) is 11.3 Å². The Morgan fingerprint density at radius 1 is 1.00 bits per heavy atom. The van der Waals surface area contributed by atoms with Gasteiger partial charge in [0, 0.05) is 0 Å². The first-order chi connectivity index (χ1) is 7.92. The number of fused-ring (bicyclic) bond motifs is 4. The van der Waals surface area contributed by atoms with Crippen molar-refractivity contribution in [3.05, 3.63) is 23.6 Å². The maximum absolute atomic E-state index is 4.61. The average molecular weight is 228 g/mol. The molecule has 76 valence electrons. The summed E-state index contributed by atoms with van der Waals surface area (Å²) in [5.74, 6) is 0. The van der Waals surface area contributed by atoms with Crippen LogP contribution in [-0.4, -0.2) is 20.3 Å². The molecule has 0 aliphatic rings. The number of nitrogens with zero attached hydrogens (tertiary/aromatic N) is 4. The highest BCUT2D eigenvalue weighted by Crippen LogP contribution is 2.28. The van der Waals surface area contributed by atoms with Crippen LogP contribution in [0.25, 0.3) is 32.4 Å². The van der Waals surface area contributed by atoms with Gasteiger partial charge < -0.3 is 0 Å². The third-order valence-electron chi connectivity index (χ3n) is 2.47. The van der Waals surface area contributed by atoms with E-state index >= 15 is 0 Å². The summed E-state index contributed by atoms with van der Waals surface area (Å²) >= 11 is 1.65. The van der Waals surface area contributed by atoms with Crippen molar-refractivity contribution in [2.45, 2.75) is 0 Å². The summed E-state index contributed by atoms with van der Waals surface area (Å²) < 4.78 is 5.73. The van der Waals surface area contributed by atoms with Crippen molar-refractivity contribution in [3.63, 3.8) is 0 Å². The molecule has 0 aliphatic carbocycles. The highest BCUT2D eigenvalue weighted by molar-refractivity contribution is 7.18. The number of rotatable bonds is 0. The summed E-state index contributed by atoms with van der Waals surface area (Å²) in [6.45, 7) is 0. The predicted octanol–water partition coefficient (Wildman–Crippen LogP) is 2.38. The molecule has 0 unspecified atom stereocenters. The van der Waals surface area contributed by atoms with Crippen LogP contribution in [0.1, 0.15) is 0 Å². The van der Waals surface area contributed by atoms with Crippen LogP contribution in [-0.2, 0) is 0 Å². The zero-order chi connectivity index (χ0) is 10.5. The molecule has 3 heterocycles. The second-order valence-corrected chi connectivity index (χ2v) is 4.32. The molecule has 0 amide bonds. The highest BCUT2D eigenvalue weighted by atomic mass is 32.1. The molecule has 0 aliphatic heterocycles. The van der Waals surface area contributed by atoms with E-state index in [0.717, 1.165) is 15.7 Å². The Kier molecular flexibility index (Phi) is 1.39. The molecule has 6 heteroatoms. The van der Waals surface area contributed by atoms with E-state index in [4.69, 9.17) is 0 Å². The van der Waals surface area contributed by atoms with Gasteiger partial charge in [-0.2, -0.15) is 0 Å². The number of thiophene rings is 1. The predicted molar refractivity (Wildman–Crippen MR) is 60.3 cm³/mol. The van der Waals surface area contributed by atoms with Crippen molar-refractivity contribution in [2.75, 3.05) is 0 Å². The Morgan fingerprint density at radius 2 is 1.88 bits per heavy atom. The van der Waals surface area contributed by atoms with Crippen molar-refractivity contribution in [1.82, 2.24) is 20.3 Å². The lowest BCUT2D eigenvalue weighted by Crippen LogP contribution is -1.86. The summed E-state index contributed by atoms with van der Waals surface area (Å²) in [6, 6.07) is 6.03. The SMILES string of the molecule is c1cc2ccc3nc4nonc4nc3c2s1. The lowest BCUT2D eigenvalue weighted by Gasteiger charge is -1.96. The van der Waals surface area contributed by atoms with E-state index in [2.05, 4.69) is 31.0 Å². The van der Waals surface area contributed by atoms with Crippen LogP contribution in [0.5, 0.6) is 0 Å². The smallest absolute Gasteiger partial charge is 0.240 e. The first kappa shape index (κ1) is 8.12. The van der Waals surface area contributed by atoms with E-state index in [1.165, 1.54) is 5.39 Å². The van der Waals surface area contributed by atoms with E-state index in [0.29, 0.717) is 11.3 Å². The van der Waals surface area contributed by atoms with Gasteiger partial charge in [0.1, 0.15) is 5.52 Å². The lowest BCUT2D eigenvalue weighted by molar-refractivity contribution is 0.314. The van der Waals surface area contributed by atoms with Crippen LogP contribution >= 0.6 is 11.3 Å². The van der Waals surface area contributed by atoms with Crippen molar-refractivity contribution in [2.24, 2.45) is 0 Å². The Hall–Kier alpha value is -2.08. The largest absolute Gasteiger partial charge is 0.244 e. The monoisotopic (exact) mass is 228 g/mol. The van der Waals surface area contributed by atoms with Gasteiger partial charge in [0.15, 0.2) is 0 Å². The lowest BCUT2D eigenvalue weighted by atomic mass is 10.2. The molecule has 5 nitrogen and oxygen atoms in total. The highest BCUT2D eigenvalue weighted by Gasteiger charge is 2.09. The molecule has 0 spiro atoms. The van der Waals surface area contributed by atoms with E-state index in [-0.39, 0.29) is 0 Å². The Labute approximate surface area is 92.7 Å². The topological polar surface area (TPSA) is 64.7 Å². The van der Waals surface area contributed by atoms with Crippen molar-refractivity contribution >= 4 is 43.8 Å². The van der Waals surface area contributed by atoms with Crippen molar-refractivity contribution < 1.29 is 4.63 Å². The Balaban J connectivity index is 2.33. The number of benzene rings is 1. The molecule has 0 saturated heterocycles. The van der Waals surface area contributed by atoms with Crippen LogP contribution in [0.15, 0.2) is 28.2 Å². The van der Waals surface area contributed by atoms with Gasteiger partial charge in [0.25, 0.3) is 0 Å². The Bertz CT molecular complexity index is 818. The minimum Gasteiger partial charge on any atom is -0.240 e. The molecule has 1 aromatic carbocycles. The first-order valence-electron chi connectivity index (χ1n) is 4.68. The van der Waals surface area contributed by atoms with Crippen LogP contribution in [0.2, 0.25) is 0 Å². The van der Waals surface area contributed by atoms with Gasteiger partial charge in [-0.25, -0.2) is 14.6 Å². The van der Waals surface area contributed by atoms with Gasteiger partial charge in [-0.1, -0.05) is 6.07 Å². The molecular formula is C10H4N4OS. The molecule has 0 saturated carbocycles.